The lowest BCUT2D eigenvalue weighted by Crippen LogP contribution is -2.32. The van der Waals surface area contributed by atoms with E-state index < -0.39 is 0 Å². The van der Waals surface area contributed by atoms with Crippen LogP contribution >= 0.6 is 11.6 Å². The molecule has 1 saturated heterocycles. The van der Waals surface area contributed by atoms with Crippen molar-refractivity contribution < 1.29 is 13.9 Å². The number of nitrogens with one attached hydrogen (secondary N) is 1. The Kier molecular flexibility index (Phi) is 4.95. The molecular weight excluding hydrogens is 257 g/mol. The van der Waals surface area contributed by atoms with Crippen molar-refractivity contribution in [3.8, 4) is 0 Å². The van der Waals surface area contributed by atoms with Gasteiger partial charge in [-0.1, -0.05) is 11.6 Å². The van der Waals surface area contributed by atoms with E-state index in [1.54, 1.807) is 6.07 Å². The van der Waals surface area contributed by atoms with Crippen molar-refractivity contribution in [2.75, 3.05) is 20.3 Å². The standard InChI is InChI=1S/C13H17ClFNO2/c1-16-11(8-13-17-4-5-18-13)7-9-6-10(15)2-3-12(9)14/h2-3,6,11,13,16H,4-5,7-8H2,1H3. The SMILES string of the molecule is CNC(Cc1cc(F)ccc1Cl)CC1OCCO1. The molecule has 1 unspecified atom stereocenters. The quantitative estimate of drug-likeness (QED) is 0.893. The summed E-state index contributed by atoms with van der Waals surface area (Å²) >= 11 is 6.06. The fraction of sp³-hybridized carbons (Fsp3) is 0.538. The van der Waals surface area contributed by atoms with E-state index in [1.807, 2.05) is 7.05 Å². The third kappa shape index (κ3) is 3.65. The minimum atomic E-state index is -0.266. The third-order valence-corrected chi connectivity index (χ3v) is 3.42. The van der Waals surface area contributed by atoms with Crippen molar-refractivity contribution in [1.82, 2.24) is 5.32 Å². The second kappa shape index (κ2) is 6.48. The number of rotatable bonds is 5. The number of ether oxygens (including phenoxy) is 2. The molecule has 18 heavy (non-hydrogen) atoms. The summed E-state index contributed by atoms with van der Waals surface area (Å²) < 4.78 is 24.0. The second-order valence-electron chi connectivity index (χ2n) is 4.33. The van der Waals surface area contributed by atoms with E-state index in [4.69, 9.17) is 21.1 Å². The smallest absolute Gasteiger partial charge is 0.159 e. The maximum atomic E-state index is 13.2. The van der Waals surface area contributed by atoms with Gasteiger partial charge in [-0.2, -0.15) is 0 Å². The lowest BCUT2D eigenvalue weighted by molar-refractivity contribution is -0.0522. The summed E-state index contributed by atoms with van der Waals surface area (Å²) in [6.07, 6.45) is 1.20. The molecule has 1 aliphatic rings. The molecule has 0 radical (unpaired) electrons. The van der Waals surface area contributed by atoms with Gasteiger partial charge in [0.25, 0.3) is 0 Å². The van der Waals surface area contributed by atoms with Crippen molar-refractivity contribution in [2.24, 2.45) is 0 Å². The first kappa shape index (κ1) is 13.7. The molecule has 1 fully saturated rings. The van der Waals surface area contributed by atoms with Crippen LogP contribution in [0.3, 0.4) is 0 Å². The van der Waals surface area contributed by atoms with Crippen LogP contribution in [0.4, 0.5) is 4.39 Å². The Morgan fingerprint density at radius 2 is 2.17 bits per heavy atom. The third-order valence-electron chi connectivity index (χ3n) is 3.05. The topological polar surface area (TPSA) is 30.5 Å². The number of hydrogen-bond donors (Lipinski definition) is 1. The van der Waals surface area contributed by atoms with E-state index in [0.717, 1.165) is 12.0 Å². The number of hydrogen-bond acceptors (Lipinski definition) is 3. The van der Waals surface area contributed by atoms with Gasteiger partial charge in [0, 0.05) is 17.5 Å². The van der Waals surface area contributed by atoms with E-state index in [9.17, 15) is 4.39 Å². The molecule has 0 aromatic heterocycles. The molecule has 1 aromatic rings. The molecule has 1 aromatic carbocycles. The summed E-state index contributed by atoms with van der Waals surface area (Å²) in [6, 6.07) is 4.57. The minimum absolute atomic E-state index is 0.146. The van der Waals surface area contributed by atoms with Crippen LogP contribution in [0.25, 0.3) is 0 Å². The lowest BCUT2D eigenvalue weighted by atomic mass is 10.0. The molecule has 100 valence electrons. The van der Waals surface area contributed by atoms with E-state index in [1.165, 1.54) is 12.1 Å². The molecule has 0 amide bonds. The van der Waals surface area contributed by atoms with E-state index in [2.05, 4.69) is 5.32 Å². The monoisotopic (exact) mass is 273 g/mol. The highest BCUT2D eigenvalue weighted by Gasteiger charge is 2.21. The van der Waals surface area contributed by atoms with Gasteiger partial charge in [-0.15, -0.1) is 0 Å². The van der Waals surface area contributed by atoms with Crippen molar-refractivity contribution in [1.29, 1.82) is 0 Å². The average Bonchev–Trinajstić information content (AvgIpc) is 2.85. The Hall–Kier alpha value is -0.680. The maximum Gasteiger partial charge on any atom is 0.159 e. The Morgan fingerprint density at radius 1 is 1.44 bits per heavy atom. The molecule has 1 N–H and O–H groups in total. The summed E-state index contributed by atoms with van der Waals surface area (Å²) in [5.41, 5.74) is 0.800. The summed E-state index contributed by atoms with van der Waals surface area (Å²) in [7, 11) is 1.87. The van der Waals surface area contributed by atoms with Gasteiger partial charge in [0.05, 0.1) is 13.2 Å². The van der Waals surface area contributed by atoms with Crippen molar-refractivity contribution in [2.45, 2.75) is 25.2 Å². The molecule has 3 nitrogen and oxygen atoms in total. The van der Waals surface area contributed by atoms with Gasteiger partial charge in [-0.05, 0) is 37.2 Å². The van der Waals surface area contributed by atoms with Crippen LogP contribution in [0.15, 0.2) is 18.2 Å². The molecule has 0 spiro atoms. The fourth-order valence-corrected chi connectivity index (χ4v) is 2.24. The van der Waals surface area contributed by atoms with Crippen LogP contribution in [-0.4, -0.2) is 32.6 Å². The largest absolute Gasteiger partial charge is 0.350 e. The van der Waals surface area contributed by atoms with E-state index in [-0.39, 0.29) is 18.1 Å². The number of benzene rings is 1. The first-order valence-electron chi connectivity index (χ1n) is 6.03. The average molecular weight is 274 g/mol. The van der Waals surface area contributed by atoms with Gasteiger partial charge < -0.3 is 14.8 Å². The molecule has 0 bridgehead atoms. The highest BCUT2D eigenvalue weighted by Crippen LogP contribution is 2.21. The summed E-state index contributed by atoms with van der Waals surface area (Å²) in [4.78, 5) is 0. The first-order valence-corrected chi connectivity index (χ1v) is 6.41. The molecule has 5 heteroatoms. The van der Waals surface area contributed by atoms with Crippen molar-refractivity contribution >= 4 is 11.6 Å². The van der Waals surface area contributed by atoms with Crippen LogP contribution in [0.1, 0.15) is 12.0 Å². The zero-order valence-corrected chi connectivity index (χ0v) is 11.0. The van der Waals surface area contributed by atoms with Gasteiger partial charge in [0.2, 0.25) is 0 Å². The first-order chi connectivity index (χ1) is 8.69. The van der Waals surface area contributed by atoms with Crippen LogP contribution in [0.2, 0.25) is 5.02 Å². The van der Waals surface area contributed by atoms with Crippen LogP contribution in [0, 0.1) is 5.82 Å². The Bertz CT molecular complexity index is 397. The van der Waals surface area contributed by atoms with Crippen molar-refractivity contribution in [3.05, 3.63) is 34.6 Å². The molecule has 0 aliphatic carbocycles. The Morgan fingerprint density at radius 3 is 2.83 bits per heavy atom. The summed E-state index contributed by atoms with van der Waals surface area (Å²) in [6.45, 7) is 1.28. The lowest BCUT2D eigenvalue weighted by Gasteiger charge is -2.20. The summed E-state index contributed by atoms with van der Waals surface area (Å²) in [5.74, 6) is -0.266. The second-order valence-corrected chi connectivity index (χ2v) is 4.74. The Labute approximate surface area is 111 Å². The highest BCUT2D eigenvalue weighted by molar-refractivity contribution is 6.31. The predicted octanol–water partition coefficient (Wildman–Crippen LogP) is 2.37. The van der Waals surface area contributed by atoms with Crippen LogP contribution < -0.4 is 5.32 Å². The molecule has 1 heterocycles. The zero-order valence-electron chi connectivity index (χ0n) is 10.3. The molecule has 1 atom stereocenters. The molecule has 0 saturated carbocycles. The zero-order chi connectivity index (χ0) is 13.0. The molecule has 1 aliphatic heterocycles. The number of likely N-dealkylation sites (N-methyl/N-ethyl adjacent to an activating group) is 1. The van der Waals surface area contributed by atoms with Gasteiger partial charge in [0.15, 0.2) is 6.29 Å². The van der Waals surface area contributed by atoms with E-state index in [0.29, 0.717) is 24.7 Å². The van der Waals surface area contributed by atoms with Crippen LogP contribution in [-0.2, 0) is 15.9 Å². The fourth-order valence-electron chi connectivity index (χ4n) is 2.04. The maximum absolute atomic E-state index is 13.2. The van der Waals surface area contributed by atoms with Crippen LogP contribution in [0.5, 0.6) is 0 Å². The van der Waals surface area contributed by atoms with Gasteiger partial charge >= 0.3 is 0 Å². The van der Waals surface area contributed by atoms with Gasteiger partial charge in [-0.25, -0.2) is 4.39 Å². The Balaban J connectivity index is 1.98. The van der Waals surface area contributed by atoms with Gasteiger partial charge in [-0.3, -0.25) is 0 Å². The molecule has 2 rings (SSSR count). The van der Waals surface area contributed by atoms with Crippen molar-refractivity contribution in [3.63, 3.8) is 0 Å². The molecular formula is C13H17ClFNO2. The highest BCUT2D eigenvalue weighted by atomic mass is 35.5. The number of halogens is 2. The van der Waals surface area contributed by atoms with E-state index >= 15 is 0 Å². The van der Waals surface area contributed by atoms with Gasteiger partial charge in [0.1, 0.15) is 5.82 Å². The normalized spacial score (nSPS) is 18.2. The predicted molar refractivity (Wildman–Crippen MR) is 68.3 cm³/mol. The minimum Gasteiger partial charge on any atom is -0.350 e. The summed E-state index contributed by atoms with van der Waals surface area (Å²) in [5, 5.41) is 3.77.